The maximum atomic E-state index is 12.4. The molecule has 0 saturated heterocycles. The summed E-state index contributed by atoms with van der Waals surface area (Å²) in [6.07, 6.45) is 5.61. The second-order valence-electron chi connectivity index (χ2n) is 6.18. The summed E-state index contributed by atoms with van der Waals surface area (Å²) in [5.74, 6) is 0.991. The number of amides is 1. The highest BCUT2D eigenvalue weighted by atomic mass is 16.3. The largest absolute Gasteiger partial charge is 0.469 e. The van der Waals surface area contributed by atoms with Gasteiger partial charge in [-0.05, 0) is 42.3 Å². The van der Waals surface area contributed by atoms with E-state index in [1.54, 1.807) is 18.5 Å². The maximum absolute atomic E-state index is 12.4. The third-order valence-electron chi connectivity index (χ3n) is 4.37. The molecular weight excluding hydrogens is 318 g/mol. The average molecular weight is 335 g/mol. The maximum Gasteiger partial charge on any atom is 0.347 e. The Morgan fingerprint density at radius 3 is 3.00 bits per heavy atom. The topological polar surface area (TPSA) is 77.1 Å². The number of benzene rings is 1. The minimum absolute atomic E-state index is 0.00269. The number of carbonyl (C=O) groups excluding carboxylic acids is 1. The number of nitrogens with one attached hydrogen (secondary N) is 1. The van der Waals surface area contributed by atoms with Crippen molar-refractivity contribution in [2.24, 2.45) is 5.92 Å². The summed E-state index contributed by atoms with van der Waals surface area (Å²) in [5.41, 5.74) is 1.35. The first-order valence-corrected chi connectivity index (χ1v) is 8.15. The molecule has 3 aromatic rings. The third-order valence-corrected chi connectivity index (χ3v) is 4.37. The van der Waals surface area contributed by atoms with Crippen LogP contribution in [-0.4, -0.2) is 15.5 Å². The predicted octanol–water partition coefficient (Wildman–Crippen LogP) is 2.63. The normalized spacial score (nSPS) is 18.7. The van der Waals surface area contributed by atoms with Crippen molar-refractivity contribution in [3.8, 4) is 0 Å². The molecule has 4 rings (SSSR count). The SMILES string of the molecule is O=C(Nc1cccc(Cn2cccnc2=O)c1)[C@H]1C[C@@H]1c1ccco1. The smallest absolute Gasteiger partial charge is 0.347 e. The second-order valence-corrected chi connectivity index (χ2v) is 6.18. The van der Waals surface area contributed by atoms with Crippen molar-refractivity contribution in [3.05, 3.63) is 82.9 Å². The molecule has 0 aliphatic heterocycles. The van der Waals surface area contributed by atoms with Crippen molar-refractivity contribution in [3.63, 3.8) is 0 Å². The van der Waals surface area contributed by atoms with E-state index in [4.69, 9.17) is 4.42 Å². The highest BCUT2D eigenvalue weighted by molar-refractivity contribution is 5.95. The lowest BCUT2D eigenvalue weighted by molar-refractivity contribution is -0.117. The van der Waals surface area contributed by atoms with Crippen LogP contribution in [0.25, 0.3) is 0 Å². The van der Waals surface area contributed by atoms with Crippen LogP contribution in [0.3, 0.4) is 0 Å². The minimum Gasteiger partial charge on any atom is -0.469 e. The molecule has 2 heterocycles. The van der Waals surface area contributed by atoms with Crippen LogP contribution in [0.1, 0.15) is 23.7 Å². The Hall–Kier alpha value is -3.15. The second kappa shape index (κ2) is 6.39. The van der Waals surface area contributed by atoms with E-state index in [-0.39, 0.29) is 23.4 Å². The number of nitrogens with zero attached hydrogens (tertiary/aromatic N) is 2. The molecule has 1 amide bonds. The fourth-order valence-electron chi connectivity index (χ4n) is 2.99. The molecule has 0 radical (unpaired) electrons. The summed E-state index contributed by atoms with van der Waals surface area (Å²) in [5, 5.41) is 2.95. The first kappa shape index (κ1) is 15.4. The van der Waals surface area contributed by atoms with Gasteiger partial charge in [-0.1, -0.05) is 12.1 Å². The zero-order valence-electron chi connectivity index (χ0n) is 13.5. The summed E-state index contributed by atoms with van der Waals surface area (Å²) >= 11 is 0. The monoisotopic (exact) mass is 335 g/mol. The van der Waals surface area contributed by atoms with Crippen LogP contribution in [0.15, 0.2) is 70.3 Å². The van der Waals surface area contributed by atoms with E-state index in [1.807, 2.05) is 36.4 Å². The molecule has 1 aliphatic carbocycles. The number of aromatic nitrogens is 2. The van der Waals surface area contributed by atoms with Gasteiger partial charge in [-0.3, -0.25) is 9.36 Å². The quantitative estimate of drug-likeness (QED) is 0.777. The van der Waals surface area contributed by atoms with Gasteiger partial charge in [0.15, 0.2) is 0 Å². The van der Waals surface area contributed by atoms with Crippen molar-refractivity contribution in [2.45, 2.75) is 18.9 Å². The van der Waals surface area contributed by atoms with Crippen LogP contribution >= 0.6 is 0 Å². The van der Waals surface area contributed by atoms with E-state index < -0.39 is 0 Å². The van der Waals surface area contributed by atoms with Gasteiger partial charge >= 0.3 is 5.69 Å². The summed E-state index contributed by atoms with van der Waals surface area (Å²) in [4.78, 5) is 27.8. The highest BCUT2D eigenvalue weighted by Gasteiger charge is 2.45. The Bertz CT molecular complexity index is 946. The average Bonchev–Trinajstić information content (AvgIpc) is 3.23. The van der Waals surface area contributed by atoms with Gasteiger partial charge in [-0.2, -0.15) is 0 Å². The zero-order chi connectivity index (χ0) is 17.2. The Balaban J connectivity index is 1.43. The molecule has 2 aromatic heterocycles. The predicted molar refractivity (Wildman–Crippen MR) is 92.2 cm³/mol. The molecule has 1 saturated carbocycles. The standard InChI is InChI=1S/C19H17N3O3/c23-18(16-11-15(16)17-6-2-9-25-17)21-14-5-1-4-13(10-14)12-22-8-3-7-20-19(22)24/h1-10,15-16H,11-12H2,(H,21,23)/t15-,16-/m0/s1. The molecular formula is C19H17N3O3. The lowest BCUT2D eigenvalue weighted by Crippen LogP contribution is -2.22. The minimum atomic E-state index is -0.295. The van der Waals surface area contributed by atoms with E-state index in [9.17, 15) is 9.59 Å². The molecule has 1 fully saturated rings. The Labute approximate surface area is 144 Å². The number of hydrogen-bond acceptors (Lipinski definition) is 4. The molecule has 6 heteroatoms. The molecule has 1 aromatic carbocycles. The van der Waals surface area contributed by atoms with E-state index in [0.717, 1.165) is 23.4 Å². The van der Waals surface area contributed by atoms with Crippen LogP contribution in [0.4, 0.5) is 5.69 Å². The number of hydrogen-bond donors (Lipinski definition) is 1. The van der Waals surface area contributed by atoms with Gasteiger partial charge in [0.2, 0.25) is 5.91 Å². The van der Waals surface area contributed by atoms with Crippen LogP contribution in [0.5, 0.6) is 0 Å². The van der Waals surface area contributed by atoms with Gasteiger partial charge in [0, 0.05) is 29.9 Å². The zero-order valence-corrected chi connectivity index (χ0v) is 13.5. The van der Waals surface area contributed by atoms with Crippen LogP contribution in [0.2, 0.25) is 0 Å². The van der Waals surface area contributed by atoms with Crippen LogP contribution in [-0.2, 0) is 11.3 Å². The van der Waals surface area contributed by atoms with E-state index in [0.29, 0.717) is 6.54 Å². The Morgan fingerprint density at radius 2 is 2.20 bits per heavy atom. The lowest BCUT2D eigenvalue weighted by Gasteiger charge is -2.08. The molecule has 126 valence electrons. The van der Waals surface area contributed by atoms with Crippen molar-refractivity contribution in [2.75, 3.05) is 5.32 Å². The molecule has 1 N–H and O–H groups in total. The Kier molecular flexibility index (Phi) is 3.93. The third kappa shape index (κ3) is 3.38. The molecule has 6 nitrogen and oxygen atoms in total. The van der Waals surface area contributed by atoms with E-state index in [2.05, 4.69) is 10.3 Å². The van der Waals surface area contributed by atoms with E-state index in [1.165, 1.54) is 10.8 Å². The van der Waals surface area contributed by atoms with Gasteiger partial charge in [-0.25, -0.2) is 9.78 Å². The number of rotatable bonds is 5. The molecule has 2 atom stereocenters. The summed E-state index contributed by atoms with van der Waals surface area (Å²) in [6, 6.07) is 13.0. The molecule has 1 aliphatic rings. The van der Waals surface area contributed by atoms with Crippen molar-refractivity contribution in [1.82, 2.24) is 9.55 Å². The first-order valence-electron chi connectivity index (χ1n) is 8.15. The molecule has 0 bridgehead atoms. The highest BCUT2D eigenvalue weighted by Crippen LogP contribution is 2.48. The number of anilines is 1. The summed E-state index contributed by atoms with van der Waals surface area (Å²) in [7, 11) is 0. The molecule has 25 heavy (non-hydrogen) atoms. The van der Waals surface area contributed by atoms with Crippen molar-refractivity contribution >= 4 is 11.6 Å². The number of carbonyl (C=O) groups is 1. The van der Waals surface area contributed by atoms with Crippen molar-refractivity contribution < 1.29 is 9.21 Å². The fraction of sp³-hybridized carbons (Fsp3) is 0.211. The van der Waals surface area contributed by atoms with Gasteiger partial charge in [-0.15, -0.1) is 0 Å². The summed E-state index contributed by atoms with van der Waals surface area (Å²) < 4.78 is 6.89. The van der Waals surface area contributed by atoms with Crippen LogP contribution in [0, 0.1) is 5.92 Å². The van der Waals surface area contributed by atoms with Gasteiger partial charge in [0.05, 0.1) is 12.8 Å². The van der Waals surface area contributed by atoms with Crippen molar-refractivity contribution in [1.29, 1.82) is 0 Å². The van der Waals surface area contributed by atoms with Gasteiger partial charge < -0.3 is 9.73 Å². The Morgan fingerprint density at radius 1 is 1.28 bits per heavy atom. The lowest BCUT2D eigenvalue weighted by atomic mass is 10.2. The first-order chi connectivity index (χ1) is 12.2. The van der Waals surface area contributed by atoms with Gasteiger partial charge in [0.25, 0.3) is 0 Å². The number of furan rings is 1. The molecule has 0 spiro atoms. The van der Waals surface area contributed by atoms with E-state index >= 15 is 0 Å². The molecule has 0 unspecified atom stereocenters. The van der Waals surface area contributed by atoms with Gasteiger partial charge in [0.1, 0.15) is 5.76 Å². The summed E-state index contributed by atoms with van der Waals surface area (Å²) in [6.45, 7) is 0.412. The fourth-order valence-corrected chi connectivity index (χ4v) is 2.99. The van der Waals surface area contributed by atoms with Crippen LogP contribution < -0.4 is 11.0 Å².